The van der Waals surface area contributed by atoms with Gasteiger partial charge in [-0.15, -0.1) is 0 Å². The minimum absolute atomic E-state index is 0.0455. The van der Waals surface area contributed by atoms with Gasteiger partial charge in [-0.25, -0.2) is 9.18 Å². The summed E-state index contributed by atoms with van der Waals surface area (Å²) in [6.07, 6.45) is 0. The van der Waals surface area contributed by atoms with Crippen LogP contribution in [0.2, 0.25) is 0 Å². The highest BCUT2D eigenvalue weighted by molar-refractivity contribution is 5.92. The maximum absolute atomic E-state index is 13.5. The van der Waals surface area contributed by atoms with Gasteiger partial charge in [0.1, 0.15) is 5.82 Å². The first-order chi connectivity index (χ1) is 16.3. The Labute approximate surface area is 195 Å². The lowest BCUT2D eigenvalue weighted by molar-refractivity contribution is 0.0930. The van der Waals surface area contributed by atoms with Gasteiger partial charge in [-0.3, -0.25) is 14.2 Å². The van der Waals surface area contributed by atoms with Crippen molar-refractivity contribution in [2.75, 3.05) is 0 Å². The van der Waals surface area contributed by atoms with E-state index in [4.69, 9.17) is 0 Å². The number of hydrogen-bond acceptors (Lipinski definition) is 4. The molecule has 1 N–H and O–H groups in total. The Bertz CT molecular complexity index is 1430. The zero-order valence-electron chi connectivity index (χ0n) is 18.7. The normalized spacial score (nSPS) is 11.7. The maximum atomic E-state index is 13.5. The molecule has 3 aromatic carbocycles. The molecule has 0 radical (unpaired) electrons. The summed E-state index contributed by atoms with van der Waals surface area (Å²) in [7, 11) is 0. The van der Waals surface area contributed by atoms with Crippen LogP contribution in [0.25, 0.3) is 5.69 Å². The van der Waals surface area contributed by atoms with Gasteiger partial charge >= 0.3 is 5.69 Å². The van der Waals surface area contributed by atoms with Crippen molar-refractivity contribution in [2.24, 2.45) is 0 Å². The molecule has 1 amide bonds. The van der Waals surface area contributed by atoms with Crippen molar-refractivity contribution in [3.63, 3.8) is 0 Å². The maximum Gasteiger partial charge on any atom is 0.352 e. The fourth-order valence-electron chi connectivity index (χ4n) is 3.51. The molecule has 34 heavy (non-hydrogen) atoms. The predicted molar refractivity (Wildman–Crippen MR) is 127 cm³/mol. The van der Waals surface area contributed by atoms with E-state index in [2.05, 4.69) is 10.4 Å². The number of aryl methyl sites for hydroxylation is 1. The number of carbonyl (C=O) groups excluding carboxylic acids is 1. The minimum atomic E-state index is -0.804. The zero-order chi connectivity index (χ0) is 24.2. The zero-order valence-corrected chi connectivity index (χ0v) is 18.7. The van der Waals surface area contributed by atoms with Crippen LogP contribution in [0, 0.1) is 12.7 Å². The van der Waals surface area contributed by atoms with Gasteiger partial charge in [0.25, 0.3) is 11.5 Å². The summed E-state index contributed by atoms with van der Waals surface area (Å²) >= 11 is 0. The molecule has 0 aliphatic carbocycles. The van der Waals surface area contributed by atoms with Crippen LogP contribution in [0.5, 0.6) is 0 Å². The second-order valence-corrected chi connectivity index (χ2v) is 8.00. The average Bonchev–Trinajstić information content (AvgIpc) is 2.84. The summed E-state index contributed by atoms with van der Waals surface area (Å²) in [5.74, 6) is -1.20. The Kier molecular flexibility index (Phi) is 6.49. The molecule has 7 nitrogen and oxygen atoms in total. The van der Waals surface area contributed by atoms with E-state index in [1.54, 1.807) is 19.1 Å². The lowest BCUT2D eigenvalue weighted by Gasteiger charge is -2.16. The second kappa shape index (κ2) is 9.66. The third kappa shape index (κ3) is 4.85. The minimum Gasteiger partial charge on any atom is -0.344 e. The second-order valence-electron chi connectivity index (χ2n) is 8.00. The summed E-state index contributed by atoms with van der Waals surface area (Å²) in [6.45, 7) is 3.67. The first kappa shape index (κ1) is 22.8. The molecule has 0 bridgehead atoms. The highest BCUT2D eigenvalue weighted by Crippen LogP contribution is 2.12. The quantitative estimate of drug-likeness (QED) is 0.480. The molecule has 4 aromatic rings. The monoisotopic (exact) mass is 458 g/mol. The van der Waals surface area contributed by atoms with Crippen LogP contribution < -0.4 is 16.6 Å². The molecule has 1 atom stereocenters. The third-order valence-corrected chi connectivity index (χ3v) is 5.45. The molecule has 0 saturated heterocycles. The largest absolute Gasteiger partial charge is 0.352 e. The van der Waals surface area contributed by atoms with Crippen molar-refractivity contribution in [1.29, 1.82) is 0 Å². The van der Waals surface area contributed by atoms with E-state index < -0.39 is 34.7 Å². The number of aromatic nitrogens is 3. The average molecular weight is 458 g/mol. The van der Waals surface area contributed by atoms with E-state index in [0.29, 0.717) is 5.56 Å². The lowest BCUT2D eigenvalue weighted by Crippen LogP contribution is -2.46. The molecule has 0 aliphatic heterocycles. The summed E-state index contributed by atoms with van der Waals surface area (Å²) in [6, 6.07) is 21.3. The molecule has 4 rings (SSSR count). The molecular weight excluding hydrogens is 435 g/mol. The van der Waals surface area contributed by atoms with E-state index in [1.807, 2.05) is 49.4 Å². The van der Waals surface area contributed by atoms with Crippen molar-refractivity contribution in [3.05, 3.63) is 128 Å². The smallest absolute Gasteiger partial charge is 0.344 e. The van der Waals surface area contributed by atoms with Crippen LogP contribution in [0.3, 0.4) is 0 Å². The van der Waals surface area contributed by atoms with Crippen molar-refractivity contribution < 1.29 is 9.18 Å². The van der Waals surface area contributed by atoms with Crippen molar-refractivity contribution >= 4 is 5.91 Å². The fourth-order valence-corrected chi connectivity index (χ4v) is 3.51. The first-order valence-electron chi connectivity index (χ1n) is 10.7. The van der Waals surface area contributed by atoms with Crippen LogP contribution in [0.15, 0.2) is 88.5 Å². The van der Waals surface area contributed by atoms with Crippen LogP contribution in [-0.2, 0) is 6.54 Å². The molecule has 8 heteroatoms. The van der Waals surface area contributed by atoms with Gasteiger partial charge in [-0.05, 0) is 49.2 Å². The van der Waals surface area contributed by atoms with E-state index in [1.165, 1.54) is 24.3 Å². The summed E-state index contributed by atoms with van der Waals surface area (Å²) in [5, 5.41) is 6.84. The van der Waals surface area contributed by atoms with Gasteiger partial charge in [-0.1, -0.05) is 60.2 Å². The molecule has 0 spiro atoms. The summed E-state index contributed by atoms with van der Waals surface area (Å²) in [4.78, 5) is 39.5. The Morgan fingerprint density at radius 3 is 2.26 bits per heavy atom. The Balaban J connectivity index is 1.80. The van der Waals surface area contributed by atoms with Gasteiger partial charge in [0.05, 0.1) is 18.3 Å². The summed E-state index contributed by atoms with van der Waals surface area (Å²) in [5.41, 5.74) is 0.859. The van der Waals surface area contributed by atoms with Crippen LogP contribution in [0.4, 0.5) is 4.39 Å². The topological polar surface area (TPSA) is 86.0 Å². The van der Waals surface area contributed by atoms with Crippen molar-refractivity contribution in [3.8, 4) is 5.69 Å². The van der Waals surface area contributed by atoms with Crippen molar-refractivity contribution in [2.45, 2.75) is 26.4 Å². The van der Waals surface area contributed by atoms with Crippen LogP contribution in [0.1, 0.15) is 40.1 Å². The number of amides is 1. The molecule has 0 fully saturated rings. The highest BCUT2D eigenvalue weighted by Gasteiger charge is 2.22. The SMILES string of the molecule is Cc1ccc(Cn2c(=O)c(C(=O)NC(C)c3ccccc3)nn(-c3ccc(F)cc3)c2=O)cc1. The first-order valence-corrected chi connectivity index (χ1v) is 10.7. The number of carbonyl (C=O) groups is 1. The number of halogens is 1. The number of hydrogen-bond donors (Lipinski definition) is 1. The van der Waals surface area contributed by atoms with Crippen LogP contribution >= 0.6 is 0 Å². The molecule has 0 saturated carbocycles. The molecule has 172 valence electrons. The third-order valence-electron chi connectivity index (χ3n) is 5.45. The van der Waals surface area contributed by atoms with Gasteiger partial charge in [0, 0.05) is 0 Å². The van der Waals surface area contributed by atoms with E-state index in [-0.39, 0.29) is 12.2 Å². The highest BCUT2D eigenvalue weighted by atomic mass is 19.1. The number of nitrogens with one attached hydrogen (secondary N) is 1. The Morgan fingerprint density at radius 2 is 1.62 bits per heavy atom. The Hall–Kier alpha value is -4.33. The molecule has 1 heterocycles. The van der Waals surface area contributed by atoms with Gasteiger partial charge in [-0.2, -0.15) is 9.78 Å². The number of rotatable bonds is 6. The molecule has 0 aliphatic rings. The van der Waals surface area contributed by atoms with E-state index in [0.717, 1.165) is 20.4 Å². The molecule has 1 aromatic heterocycles. The Morgan fingerprint density at radius 1 is 0.971 bits per heavy atom. The van der Waals surface area contributed by atoms with E-state index in [9.17, 15) is 18.8 Å². The number of benzene rings is 3. The van der Waals surface area contributed by atoms with Gasteiger partial charge in [0.2, 0.25) is 5.69 Å². The van der Waals surface area contributed by atoms with Crippen LogP contribution in [-0.4, -0.2) is 20.3 Å². The molecule has 1 unspecified atom stereocenters. The lowest BCUT2D eigenvalue weighted by atomic mass is 10.1. The van der Waals surface area contributed by atoms with E-state index >= 15 is 0 Å². The number of nitrogens with zero attached hydrogens (tertiary/aromatic N) is 3. The molecular formula is C26H23FN4O3. The van der Waals surface area contributed by atoms with Gasteiger partial charge < -0.3 is 5.32 Å². The van der Waals surface area contributed by atoms with Crippen molar-refractivity contribution in [1.82, 2.24) is 19.7 Å². The van der Waals surface area contributed by atoms with Gasteiger partial charge in [0.15, 0.2) is 0 Å². The fraction of sp³-hybridized carbons (Fsp3) is 0.154. The summed E-state index contributed by atoms with van der Waals surface area (Å²) < 4.78 is 15.4. The standard InChI is InChI=1S/C26H23FN4O3/c1-17-8-10-19(11-9-17)16-30-25(33)23(24(32)28-18(2)20-6-4-3-5-7-20)29-31(26(30)34)22-14-12-21(27)13-15-22/h3-15,18H,16H2,1-2H3,(H,28,32). The predicted octanol–water partition coefficient (Wildman–Crippen LogP) is 3.38.